The SMILES string of the molecule is Cc1cc2ccc3nc2n1CCCCCCCC(=O)NC3C. The Morgan fingerprint density at radius 2 is 1.95 bits per heavy atom. The lowest BCUT2D eigenvalue weighted by Gasteiger charge is -2.15. The highest BCUT2D eigenvalue weighted by Gasteiger charge is 2.14. The van der Waals surface area contributed by atoms with Crippen molar-refractivity contribution in [1.29, 1.82) is 0 Å². The van der Waals surface area contributed by atoms with Crippen LogP contribution in [0.4, 0.5) is 0 Å². The molecule has 3 rings (SSSR count). The molecule has 0 fully saturated rings. The molecule has 4 heteroatoms. The van der Waals surface area contributed by atoms with Crippen molar-refractivity contribution in [2.45, 2.75) is 65.0 Å². The number of hydrogen-bond acceptors (Lipinski definition) is 2. The highest BCUT2D eigenvalue weighted by atomic mass is 16.1. The number of fused-ring (bicyclic) bond motifs is 1. The molecule has 1 amide bonds. The van der Waals surface area contributed by atoms with E-state index in [1.54, 1.807) is 0 Å². The molecule has 1 aliphatic heterocycles. The number of aromatic nitrogens is 2. The molecule has 4 nitrogen and oxygen atoms in total. The minimum atomic E-state index is -0.0384. The number of pyridine rings is 1. The van der Waals surface area contributed by atoms with E-state index in [-0.39, 0.29) is 11.9 Å². The number of nitrogens with zero attached hydrogens (tertiary/aromatic N) is 2. The molecule has 2 aromatic rings. The van der Waals surface area contributed by atoms with Crippen LogP contribution in [0.15, 0.2) is 18.2 Å². The van der Waals surface area contributed by atoms with Gasteiger partial charge in [0.15, 0.2) is 0 Å². The van der Waals surface area contributed by atoms with E-state index in [0.717, 1.165) is 30.7 Å². The summed E-state index contributed by atoms with van der Waals surface area (Å²) in [7, 11) is 0. The second-order valence-electron chi connectivity index (χ2n) is 6.39. The van der Waals surface area contributed by atoms with Crippen LogP contribution in [0.2, 0.25) is 0 Å². The Balaban J connectivity index is 1.97. The average Bonchev–Trinajstić information content (AvgIpc) is 2.80. The highest BCUT2D eigenvalue weighted by molar-refractivity contribution is 5.78. The number of aryl methyl sites for hydroxylation is 2. The smallest absolute Gasteiger partial charge is 0.220 e. The van der Waals surface area contributed by atoms with Gasteiger partial charge in [0.25, 0.3) is 0 Å². The number of carbonyl (C=O) groups excluding carboxylic acids is 1. The van der Waals surface area contributed by atoms with E-state index >= 15 is 0 Å². The maximum atomic E-state index is 12.0. The van der Waals surface area contributed by atoms with Gasteiger partial charge in [-0.2, -0.15) is 0 Å². The molecule has 1 atom stereocenters. The Morgan fingerprint density at radius 1 is 1.18 bits per heavy atom. The van der Waals surface area contributed by atoms with Crippen molar-refractivity contribution in [2.24, 2.45) is 0 Å². The van der Waals surface area contributed by atoms with Gasteiger partial charge in [0, 0.05) is 24.0 Å². The van der Waals surface area contributed by atoms with E-state index in [2.05, 4.69) is 28.9 Å². The van der Waals surface area contributed by atoms with E-state index in [1.165, 1.54) is 30.3 Å². The molecule has 3 heterocycles. The maximum absolute atomic E-state index is 12.0. The fraction of sp³-hybridized carbons (Fsp3) is 0.556. The molecule has 0 radical (unpaired) electrons. The van der Waals surface area contributed by atoms with Gasteiger partial charge in [-0.3, -0.25) is 4.79 Å². The molecule has 0 saturated heterocycles. The van der Waals surface area contributed by atoms with E-state index in [0.29, 0.717) is 6.42 Å². The summed E-state index contributed by atoms with van der Waals surface area (Å²) in [4.78, 5) is 16.8. The predicted molar refractivity (Wildman–Crippen MR) is 88.7 cm³/mol. The molecule has 0 aromatic carbocycles. The van der Waals surface area contributed by atoms with Crippen molar-refractivity contribution in [2.75, 3.05) is 0 Å². The lowest BCUT2D eigenvalue weighted by Crippen LogP contribution is -2.27. The van der Waals surface area contributed by atoms with E-state index in [4.69, 9.17) is 4.98 Å². The average molecular weight is 299 g/mol. The monoisotopic (exact) mass is 299 g/mol. The van der Waals surface area contributed by atoms with Gasteiger partial charge in [-0.05, 0) is 44.9 Å². The van der Waals surface area contributed by atoms with Crippen LogP contribution >= 0.6 is 0 Å². The fourth-order valence-electron chi connectivity index (χ4n) is 3.27. The van der Waals surface area contributed by atoms with Crippen LogP contribution in [0.5, 0.6) is 0 Å². The van der Waals surface area contributed by atoms with Crippen LogP contribution in [0.25, 0.3) is 11.0 Å². The first-order valence-electron chi connectivity index (χ1n) is 8.41. The Kier molecular flexibility index (Phi) is 4.46. The molecule has 0 spiro atoms. The van der Waals surface area contributed by atoms with Crippen molar-refractivity contribution >= 4 is 16.9 Å². The topological polar surface area (TPSA) is 46.9 Å². The minimum absolute atomic E-state index is 0.0384. The van der Waals surface area contributed by atoms with Crippen LogP contribution in [-0.4, -0.2) is 15.5 Å². The van der Waals surface area contributed by atoms with E-state index < -0.39 is 0 Å². The summed E-state index contributed by atoms with van der Waals surface area (Å²) in [5.74, 6) is 0.137. The number of hydrogen-bond donors (Lipinski definition) is 1. The highest BCUT2D eigenvalue weighted by Crippen LogP contribution is 2.22. The largest absolute Gasteiger partial charge is 0.348 e. The summed E-state index contributed by atoms with van der Waals surface area (Å²) < 4.78 is 2.32. The molecule has 22 heavy (non-hydrogen) atoms. The molecule has 1 aliphatic rings. The lowest BCUT2D eigenvalue weighted by molar-refractivity contribution is -0.121. The molecule has 0 saturated carbocycles. The van der Waals surface area contributed by atoms with Gasteiger partial charge in [-0.15, -0.1) is 0 Å². The summed E-state index contributed by atoms with van der Waals surface area (Å²) in [6.07, 6.45) is 6.36. The molecule has 1 N–H and O–H groups in total. The number of carbonyl (C=O) groups is 1. The van der Waals surface area contributed by atoms with Gasteiger partial charge in [0.05, 0.1) is 11.7 Å². The Hall–Kier alpha value is -1.84. The van der Waals surface area contributed by atoms with Crippen LogP contribution in [0, 0.1) is 6.92 Å². The minimum Gasteiger partial charge on any atom is -0.348 e. The lowest BCUT2D eigenvalue weighted by atomic mass is 10.1. The maximum Gasteiger partial charge on any atom is 0.220 e. The van der Waals surface area contributed by atoms with Gasteiger partial charge in [-0.25, -0.2) is 4.98 Å². The second-order valence-corrected chi connectivity index (χ2v) is 6.39. The molecular weight excluding hydrogens is 274 g/mol. The first kappa shape index (κ1) is 15.1. The molecule has 1 unspecified atom stereocenters. The zero-order chi connectivity index (χ0) is 15.5. The number of nitrogens with one attached hydrogen (secondary N) is 1. The third-order valence-corrected chi connectivity index (χ3v) is 4.58. The van der Waals surface area contributed by atoms with Crippen LogP contribution in [0.3, 0.4) is 0 Å². The Labute approximate surface area is 131 Å². The third-order valence-electron chi connectivity index (χ3n) is 4.58. The van der Waals surface area contributed by atoms with Gasteiger partial charge >= 0.3 is 0 Å². The van der Waals surface area contributed by atoms with Gasteiger partial charge in [-0.1, -0.05) is 19.3 Å². The first-order chi connectivity index (χ1) is 10.6. The van der Waals surface area contributed by atoms with Crippen LogP contribution in [0.1, 0.15) is 62.9 Å². The summed E-state index contributed by atoms with van der Waals surface area (Å²) >= 11 is 0. The standard InChI is InChI=1S/C18H25N3O/c1-13-12-15-9-10-16-14(2)19-17(22)8-6-4-3-5-7-11-21(13)18(15)20-16/h9-10,12,14H,3-8,11H2,1-2H3,(H,19,22). The fourth-order valence-corrected chi connectivity index (χ4v) is 3.27. The molecule has 118 valence electrons. The van der Waals surface area contributed by atoms with Crippen molar-refractivity contribution in [3.8, 4) is 0 Å². The van der Waals surface area contributed by atoms with E-state index in [9.17, 15) is 4.79 Å². The Morgan fingerprint density at radius 3 is 2.82 bits per heavy atom. The van der Waals surface area contributed by atoms with Crippen molar-refractivity contribution in [3.63, 3.8) is 0 Å². The van der Waals surface area contributed by atoms with Crippen molar-refractivity contribution in [3.05, 3.63) is 29.6 Å². The number of rotatable bonds is 0. The van der Waals surface area contributed by atoms with E-state index in [1.807, 2.05) is 13.0 Å². The van der Waals surface area contributed by atoms with Gasteiger partial charge in [0.1, 0.15) is 5.65 Å². The first-order valence-corrected chi connectivity index (χ1v) is 8.41. The predicted octanol–water partition coefficient (Wildman–Crippen LogP) is 3.88. The van der Waals surface area contributed by atoms with Gasteiger partial charge in [0.2, 0.25) is 5.91 Å². The summed E-state index contributed by atoms with van der Waals surface area (Å²) in [6, 6.07) is 6.31. The zero-order valence-corrected chi connectivity index (χ0v) is 13.6. The van der Waals surface area contributed by atoms with Crippen LogP contribution < -0.4 is 5.32 Å². The van der Waals surface area contributed by atoms with Crippen LogP contribution in [-0.2, 0) is 11.3 Å². The normalized spacial score (nSPS) is 20.8. The third kappa shape index (κ3) is 3.16. The summed E-state index contributed by atoms with van der Waals surface area (Å²) in [6.45, 7) is 5.19. The summed E-state index contributed by atoms with van der Waals surface area (Å²) in [5, 5.41) is 4.26. The van der Waals surface area contributed by atoms with Gasteiger partial charge < -0.3 is 9.88 Å². The van der Waals surface area contributed by atoms with Crippen molar-refractivity contribution in [1.82, 2.24) is 14.9 Å². The summed E-state index contributed by atoms with van der Waals surface area (Å²) in [5.41, 5.74) is 3.26. The van der Waals surface area contributed by atoms with Crippen molar-refractivity contribution < 1.29 is 4.79 Å². The zero-order valence-electron chi connectivity index (χ0n) is 13.6. The second kappa shape index (κ2) is 6.51. The molecular formula is C18H25N3O. The number of amides is 1. The molecule has 0 aliphatic carbocycles. The molecule has 2 aromatic heterocycles. The molecule has 2 bridgehead atoms. The Bertz CT molecular complexity index is 674. The quantitative estimate of drug-likeness (QED) is 0.802.